The number of halogens is 3. The van der Waals surface area contributed by atoms with Crippen molar-refractivity contribution >= 4 is 5.97 Å². The first kappa shape index (κ1) is 16.2. The van der Waals surface area contributed by atoms with Gasteiger partial charge in [0.2, 0.25) is 0 Å². The average Bonchev–Trinajstić information content (AvgIpc) is 2.15. The van der Waals surface area contributed by atoms with Gasteiger partial charge in [0.1, 0.15) is 0 Å². The number of hydrogen-bond acceptors (Lipinski definition) is 4. The van der Waals surface area contributed by atoms with E-state index in [1.165, 1.54) is 6.92 Å². The van der Waals surface area contributed by atoms with Crippen LogP contribution in [-0.2, 0) is 9.53 Å². The molecule has 1 N–H and O–H groups in total. The molecule has 0 aliphatic rings. The third-order valence-corrected chi connectivity index (χ3v) is 2.16. The molecule has 17 heavy (non-hydrogen) atoms. The summed E-state index contributed by atoms with van der Waals surface area (Å²) >= 11 is 0. The average molecular weight is 257 g/mol. The number of carbonyl (C=O) groups excluding carboxylic acids is 1. The second kappa shape index (κ2) is 7.50. The number of rotatable bonds is 7. The van der Waals surface area contributed by atoms with Gasteiger partial charge in [-0.1, -0.05) is 0 Å². The summed E-state index contributed by atoms with van der Waals surface area (Å²) in [4.78, 5) is 12.1. The molecule has 0 saturated carbocycles. The zero-order valence-electron chi connectivity index (χ0n) is 9.96. The highest BCUT2D eigenvalue weighted by molar-refractivity contribution is 5.70. The van der Waals surface area contributed by atoms with Gasteiger partial charge in [-0.15, -0.1) is 0 Å². The molecule has 0 aromatic rings. The molecule has 4 nitrogen and oxygen atoms in total. The number of alkyl halides is 3. The van der Waals surface area contributed by atoms with Crippen LogP contribution in [0.3, 0.4) is 0 Å². The number of aliphatic hydroxyl groups excluding tert-OH is 1. The fraction of sp³-hybridized carbons (Fsp3) is 0.900. The third-order valence-electron chi connectivity index (χ3n) is 2.16. The molecule has 0 aliphatic carbocycles. The molecule has 0 radical (unpaired) electrons. The van der Waals surface area contributed by atoms with Crippen LogP contribution in [-0.4, -0.2) is 54.5 Å². The molecule has 0 aliphatic heterocycles. The molecule has 0 fully saturated rings. The summed E-state index contributed by atoms with van der Waals surface area (Å²) in [6.07, 6.45) is -4.47. The van der Waals surface area contributed by atoms with Gasteiger partial charge in [-0.25, -0.2) is 0 Å². The van der Waals surface area contributed by atoms with Crippen molar-refractivity contribution < 1.29 is 27.8 Å². The van der Waals surface area contributed by atoms with Gasteiger partial charge in [-0.2, -0.15) is 13.2 Å². The van der Waals surface area contributed by atoms with Crippen molar-refractivity contribution in [3.05, 3.63) is 0 Å². The van der Waals surface area contributed by atoms with Gasteiger partial charge >= 0.3 is 12.1 Å². The van der Waals surface area contributed by atoms with Gasteiger partial charge in [0.15, 0.2) is 0 Å². The predicted octanol–water partition coefficient (Wildman–Crippen LogP) is 1.18. The Labute approximate surface area is 98.3 Å². The van der Waals surface area contributed by atoms with E-state index in [2.05, 4.69) is 4.74 Å². The molecular weight excluding hydrogens is 239 g/mol. The van der Waals surface area contributed by atoms with Crippen LogP contribution in [0.1, 0.15) is 20.3 Å². The van der Waals surface area contributed by atoms with Crippen LogP contribution in [0.4, 0.5) is 13.2 Å². The van der Waals surface area contributed by atoms with Crippen LogP contribution >= 0.6 is 0 Å². The van der Waals surface area contributed by atoms with E-state index in [-0.39, 0.29) is 26.2 Å². The lowest BCUT2D eigenvalue weighted by Crippen LogP contribution is -2.43. The summed E-state index contributed by atoms with van der Waals surface area (Å²) in [5.41, 5.74) is 0. The fourth-order valence-corrected chi connectivity index (χ4v) is 1.40. The van der Waals surface area contributed by atoms with Gasteiger partial charge < -0.3 is 9.84 Å². The minimum absolute atomic E-state index is 0.121. The second-order valence-corrected chi connectivity index (χ2v) is 3.67. The minimum atomic E-state index is -4.35. The molecule has 0 rings (SSSR count). The van der Waals surface area contributed by atoms with Gasteiger partial charge in [0, 0.05) is 12.6 Å². The summed E-state index contributed by atoms with van der Waals surface area (Å²) in [5.74, 6) is -0.537. The van der Waals surface area contributed by atoms with Crippen LogP contribution in [0.2, 0.25) is 0 Å². The van der Waals surface area contributed by atoms with Crippen molar-refractivity contribution in [3.63, 3.8) is 0 Å². The molecule has 0 spiro atoms. The highest BCUT2D eigenvalue weighted by Crippen LogP contribution is 2.18. The number of carbonyl (C=O) groups is 1. The third kappa shape index (κ3) is 7.98. The Bertz CT molecular complexity index is 233. The number of hydrogen-bond donors (Lipinski definition) is 1. The topological polar surface area (TPSA) is 49.8 Å². The monoisotopic (exact) mass is 257 g/mol. The molecule has 0 heterocycles. The summed E-state index contributed by atoms with van der Waals surface area (Å²) < 4.78 is 41.4. The van der Waals surface area contributed by atoms with E-state index < -0.39 is 24.7 Å². The lowest BCUT2D eigenvalue weighted by Gasteiger charge is -2.28. The molecular formula is C10H18F3NO3. The van der Waals surface area contributed by atoms with Crippen LogP contribution in [0.5, 0.6) is 0 Å². The van der Waals surface area contributed by atoms with Crippen molar-refractivity contribution in [3.8, 4) is 0 Å². The Hall–Kier alpha value is -0.820. The maximum Gasteiger partial charge on any atom is 0.401 e. The van der Waals surface area contributed by atoms with E-state index in [1.807, 2.05) is 0 Å². The fourth-order valence-electron chi connectivity index (χ4n) is 1.40. The van der Waals surface area contributed by atoms with Crippen molar-refractivity contribution in [2.45, 2.75) is 32.5 Å². The van der Waals surface area contributed by atoms with Crippen LogP contribution < -0.4 is 0 Å². The molecule has 7 heteroatoms. The first-order valence-corrected chi connectivity index (χ1v) is 5.37. The number of ether oxygens (including phenoxy) is 1. The normalized spacial score (nSPS) is 13.8. The molecule has 1 unspecified atom stereocenters. The van der Waals surface area contributed by atoms with Crippen LogP contribution in [0, 0.1) is 0 Å². The number of nitrogens with zero attached hydrogens (tertiary/aromatic N) is 1. The lowest BCUT2D eigenvalue weighted by atomic mass is 10.2. The molecule has 0 aromatic carbocycles. The quantitative estimate of drug-likeness (QED) is 0.696. The molecule has 0 amide bonds. The Balaban J connectivity index is 4.33. The molecule has 1 atom stereocenters. The number of esters is 1. The maximum atomic E-state index is 12.2. The maximum absolute atomic E-state index is 12.2. The Kier molecular flexibility index (Phi) is 7.13. The smallest absolute Gasteiger partial charge is 0.401 e. The van der Waals surface area contributed by atoms with E-state index in [4.69, 9.17) is 5.11 Å². The van der Waals surface area contributed by atoms with Gasteiger partial charge in [-0.05, 0) is 13.8 Å². The summed E-state index contributed by atoms with van der Waals surface area (Å²) in [6.45, 7) is 1.67. The van der Waals surface area contributed by atoms with Gasteiger partial charge in [-0.3, -0.25) is 9.69 Å². The summed E-state index contributed by atoms with van der Waals surface area (Å²) in [7, 11) is 0. The standard InChI is InChI=1S/C10H18F3NO3/c1-3-17-9(16)6-8(2)14(4-5-15)7-10(11,12)13/h8,15H,3-7H2,1-2H3. The van der Waals surface area contributed by atoms with E-state index in [9.17, 15) is 18.0 Å². The molecule has 102 valence electrons. The first-order chi connectivity index (χ1) is 7.80. The summed E-state index contributed by atoms with van der Waals surface area (Å²) in [6, 6.07) is -0.622. The Morgan fingerprint density at radius 1 is 1.47 bits per heavy atom. The Morgan fingerprint density at radius 3 is 2.47 bits per heavy atom. The SMILES string of the molecule is CCOC(=O)CC(C)N(CCO)CC(F)(F)F. The van der Waals surface area contributed by atoms with Crippen molar-refractivity contribution in [1.29, 1.82) is 0 Å². The highest BCUT2D eigenvalue weighted by Gasteiger charge is 2.33. The van der Waals surface area contributed by atoms with Crippen molar-refractivity contribution in [1.82, 2.24) is 4.90 Å². The molecule has 0 aromatic heterocycles. The lowest BCUT2D eigenvalue weighted by molar-refractivity contribution is -0.157. The predicted molar refractivity (Wildman–Crippen MR) is 55.4 cm³/mol. The van der Waals surface area contributed by atoms with Gasteiger partial charge in [0.25, 0.3) is 0 Å². The minimum Gasteiger partial charge on any atom is -0.466 e. The number of aliphatic hydroxyl groups is 1. The Morgan fingerprint density at radius 2 is 2.06 bits per heavy atom. The van der Waals surface area contributed by atoms with Gasteiger partial charge in [0.05, 0.1) is 26.2 Å². The van der Waals surface area contributed by atoms with E-state index in [0.29, 0.717) is 0 Å². The largest absolute Gasteiger partial charge is 0.466 e. The zero-order valence-corrected chi connectivity index (χ0v) is 9.96. The summed E-state index contributed by atoms with van der Waals surface area (Å²) in [5, 5.41) is 8.69. The van der Waals surface area contributed by atoms with Crippen LogP contribution in [0.25, 0.3) is 0 Å². The van der Waals surface area contributed by atoms with Crippen molar-refractivity contribution in [2.75, 3.05) is 26.3 Å². The van der Waals surface area contributed by atoms with E-state index in [0.717, 1.165) is 4.90 Å². The molecule has 0 bridgehead atoms. The molecule has 0 saturated heterocycles. The van der Waals surface area contributed by atoms with Crippen LogP contribution in [0.15, 0.2) is 0 Å². The zero-order chi connectivity index (χ0) is 13.5. The second-order valence-electron chi connectivity index (χ2n) is 3.67. The van der Waals surface area contributed by atoms with E-state index >= 15 is 0 Å². The highest BCUT2D eigenvalue weighted by atomic mass is 19.4. The van der Waals surface area contributed by atoms with Crippen molar-refractivity contribution in [2.24, 2.45) is 0 Å². The van der Waals surface area contributed by atoms with E-state index in [1.54, 1.807) is 6.92 Å². The first-order valence-electron chi connectivity index (χ1n) is 5.37.